The Bertz CT molecular complexity index is 876. The first-order chi connectivity index (χ1) is 12.6. The van der Waals surface area contributed by atoms with Crippen LogP contribution in [0.15, 0.2) is 34.2 Å². The van der Waals surface area contributed by atoms with Gasteiger partial charge >= 0.3 is 6.03 Å². The van der Waals surface area contributed by atoms with E-state index < -0.39 is 11.9 Å². The third-order valence-electron chi connectivity index (χ3n) is 4.09. The molecule has 2 N–H and O–H groups in total. The molecule has 1 saturated carbocycles. The second-order valence-corrected chi connectivity index (χ2v) is 7.21. The molecule has 0 spiro atoms. The van der Waals surface area contributed by atoms with Gasteiger partial charge in [-0.3, -0.25) is 19.5 Å². The van der Waals surface area contributed by atoms with E-state index in [1.807, 2.05) is 19.1 Å². The minimum absolute atomic E-state index is 0.0265. The zero-order valence-electron chi connectivity index (χ0n) is 14.7. The molecular weight excluding hydrogens is 352 g/mol. The molecule has 1 fully saturated rings. The van der Waals surface area contributed by atoms with Crippen LogP contribution in [-0.4, -0.2) is 33.8 Å². The lowest BCUT2D eigenvalue weighted by Crippen LogP contribution is -2.40. The number of hydrogen-bond acceptors (Lipinski definition) is 5. The molecule has 138 valence electrons. The molecule has 0 saturated heterocycles. The van der Waals surface area contributed by atoms with Gasteiger partial charge in [-0.05, 0) is 31.4 Å². The topological polar surface area (TPSA) is 93.1 Å². The number of benzene rings is 1. The largest absolute Gasteiger partial charge is 0.338 e. The fourth-order valence-corrected chi connectivity index (χ4v) is 3.46. The highest BCUT2D eigenvalue weighted by molar-refractivity contribution is 7.99. The van der Waals surface area contributed by atoms with Gasteiger partial charge < -0.3 is 5.32 Å². The lowest BCUT2D eigenvalue weighted by molar-refractivity contribution is -0.117. The first-order valence-electron chi connectivity index (χ1n) is 8.82. The third kappa shape index (κ3) is 4.43. The zero-order valence-corrected chi connectivity index (χ0v) is 15.5. The summed E-state index contributed by atoms with van der Waals surface area (Å²) in [5.74, 6) is -0.382. The highest BCUT2D eigenvalue weighted by Gasteiger charge is 2.28. The number of para-hydroxylation sites is 1. The Hall–Kier alpha value is -2.35. The van der Waals surface area contributed by atoms with E-state index in [-0.39, 0.29) is 17.4 Å². The molecule has 1 aromatic carbocycles. The van der Waals surface area contributed by atoms with Gasteiger partial charge in [-0.15, -0.1) is 0 Å². The van der Waals surface area contributed by atoms with Crippen molar-refractivity contribution in [2.24, 2.45) is 0 Å². The van der Waals surface area contributed by atoms with Gasteiger partial charge in [0.2, 0.25) is 5.91 Å². The van der Waals surface area contributed by atoms with Gasteiger partial charge in [0, 0.05) is 12.6 Å². The van der Waals surface area contributed by atoms with E-state index in [2.05, 4.69) is 15.6 Å². The molecule has 3 amide bonds. The first kappa shape index (κ1) is 18.4. The van der Waals surface area contributed by atoms with Crippen LogP contribution in [0.3, 0.4) is 0 Å². The fourth-order valence-electron chi connectivity index (χ4n) is 2.60. The Balaban J connectivity index is 1.69. The number of imide groups is 1. The molecule has 0 bridgehead atoms. The van der Waals surface area contributed by atoms with Crippen molar-refractivity contribution in [3.05, 3.63) is 34.6 Å². The van der Waals surface area contributed by atoms with Gasteiger partial charge in [0.15, 0.2) is 5.16 Å². The molecule has 26 heavy (non-hydrogen) atoms. The van der Waals surface area contributed by atoms with E-state index in [1.165, 1.54) is 11.8 Å². The second-order valence-electron chi connectivity index (χ2n) is 6.26. The summed E-state index contributed by atoms with van der Waals surface area (Å²) in [6.07, 6.45) is 3.72. The quantitative estimate of drug-likeness (QED) is 0.441. The molecule has 0 radical (unpaired) electrons. The minimum Gasteiger partial charge on any atom is -0.338 e. The van der Waals surface area contributed by atoms with E-state index in [9.17, 15) is 14.4 Å². The summed E-state index contributed by atoms with van der Waals surface area (Å²) < 4.78 is 1.68. The van der Waals surface area contributed by atoms with Crippen molar-refractivity contribution in [2.75, 3.05) is 12.3 Å². The monoisotopic (exact) mass is 374 g/mol. The number of unbranched alkanes of at least 4 members (excludes halogenated alkanes) is 1. The van der Waals surface area contributed by atoms with Crippen LogP contribution < -0.4 is 16.2 Å². The summed E-state index contributed by atoms with van der Waals surface area (Å²) >= 11 is 1.18. The van der Waals surface area contributed by atoms with E-state index in [1.54, 1.807) is 16.7 Å². The van der Waals surface area contributed by atoms with Crippen LogP contribution >= 0.6 is 11.8 Å². The lowest BCUT2D eigenvalue weighted by atomic mass is 10.2. The molecule has 0 aliphatic heterocycles. The van der Waals surface area contributed by atoms with E-state index >= 15 is 0 Å². The van der Waals surface area contributed by atoms with Crippen LogP contribution in [0.2, 0.25) is 0 Å². The molecule has 2 aromatic rings. The second kappa shape index (κ2) is 8.35. The van der Waals surface area contributed by atoms with Crippen LogP contribution in [0, 0.1) is 0 Å². The Morgan fingerprint density at radius 3 is 2.81 bits per heavy atom. The van der Waals surface area contributed by atoms with Crippen molar-refractivity contribution in [2.45, 2.75) is 43.8 Å². The van der Waals surface area contributed by atoms with Crippen LogP contribution in [0.25, 0.3) is 10.9 Å². The van der Waals surface area contributed by atoms with Gasteiger partial charge in [0.1, 0.15) is 0 Å². The van der Waals surface area contributed by atoms with Gasteiger partial charge in [-0.2, -0.15) is 0 Å². The zero-order chi connectivity index (χ0) is 18.5. The Labute approximate surface area is 155 Å². The maximum absolute atomic E-state index is 12.7. The van der Waals surface area contributed by atoms with Crippen LogP contribution in [0.5, 0.6) is 0 Å². The number of carbonyl (C=O) groups excluding carboxylic acids is 2. The van der Waals surface area contributed by atoms with Crippen molar-refractivity contribution in [3.8, 4) is 0 Å². The minimum atomic E-state index is -0.491. The highest BCUT2D eigenvalue weighted by atomic mass is 32.2. The molecule has 1 aromatic heterocycles. The normalized spacial score (nSPS) is 13.6. The van der Waals surface area contributed by atoms with E-state index in [4.69, 9.17) is 0 Å². The number of nitrogens with one attached hydrogen (secondary N) is 2. The molecule has 3 rings (SSSR count). The Morgan fingerprint density at radius 1 is 1.31 bits per heavy atom. The molecule has 0 atom stereocenters. The maximum atomic E-state index is 12.7. The Morgan fingerprint density at radius 2 is 2.08 bits per heavy atom. The molecule has 1 aliphatic rings. The summed E-state index contributed by atoms with van der Waals surface area (Å²) in [5.41, 5.74) is 0.549. The van der Waals surface area contributed by atoms with Crippen molar-refractivity contribution in [1.29, 1.82) is 0 Å². The standard InChI is InChI=1S/C18H22N4O3S/c1-2-3-10-19-17(25)21-15(23)11-26-18-20-14-7-5-4-6-13(14)16(24)22(18)12-8-9-12/h4-7,12H,2-3,8-11H2,1H3,(H2,19,21,23,25). The van der Waals surface area contributed by atoms with Gasteiger partial charge in [-0.1, -0.05) is 37.2 Å². The molecule has 1 heterocycles. The van der Waals surface area contributed by atoms with E-state index in [0.717, 1.165) is 25.7 Å². The third-order valence-corrected chi connectivity index (χ3v) is 5.04. The molecule has 7 nitrogen and oxygen atoms in total. The smallest absolute Gasteiger partial charge is 0.321 e. The Kier molecular flexibility index (Phi) is 5.92. The van der Waals surface area contributed by atoms with Crippen molar-refractivity contribution in [1.82, 2.24) is 20.2 Å². The molecule has 8 heteroatoms. The van der Waals surface area contributed by atoms with Crippen LogP contribution in [0.1, 0.15) is 38.6 Å². The van der Waals surface area contributed by atoms with Crippen LogP contribution in [0.4, 0.5) is 4.79 Å². The molecule has 1 aliphatic carbocycles. The predicted molar refractivity (Wildman–Crippen MR) is 101 cm³/mol. The number of carbonyl (C=O) groups is 2. The first-order valence-corrected chi connectivity index (χ1v) is 9.80. The van der Waals surface area contributed by atoms with Gasteiger partial charge in [0.05, 0.1) is 16.7 Å². The van der Waals surface area contributed by atoms with E-state index in [0.29, 0.717) is 22.6 Å². The van der Waals surface area contributed by atoms with Crippen molar-refractivity contribution in [3.63, 3.8) is 0 Å². The maximum Gasteiger partial charge on any atom is 0.321 e. The van der Waals surface area contributed by atoms with Gasteiger partial charge in [-0.25, -0.2) is 9.78 Å². The summed E-state index contributed by atoms with van der Waals surface area (Å²) in [5, 5.41) is 6.05. The number of thioether (sulfide) groups is 1. The number of amides is 3. The SMILES string of the molecule is CCCCNC(=O)NC(=O)CSc1nc2ccccc2c(=O)n1C1CC1. The van der Waals surface area contributed by atoms with Gasteiger partial charge in [0.25, 0.3) is 5.56 Å². The predicted octanol–water partition coefficient (Wildman–Crippen LogP) is 2.45. The average molecular weight is 374 g/mol. The number of urea groups is 1. The fraction of sp³-hybridized carbons (Fsp3) is 0.444. The number of nitrogens with zero attached hydrogens (tertiary/aromatic N) is 2. The van der Waals surface area contributed by atoms with Crippen molar-refractivity contribution >= 4 is 34.6 Å². The number of fused-ring (bicyclic) bond motifs is 1. The summed E-state index contributed by atoms with van der Waals surface area (Å²) in [4.78, 5) is 40.9. The van der Waals surface area contributed by atoms with Crippen LogP contribution in [-0.2, 0) is 4.79 Å². The average Bonchev–Trinajstić information content (AvgIpc) is 3.45. The number of rotatable bonds is 7. The molecule has 0 unspecified atom stereocenters. The van der Waals surface area contributed by atoms with Crippen molar-refractivity contribution < 1.29 is 9.59 Å². The number of hydrogen-bond donors (Lipinski definition) is 2. The summed E-state index contributed by atoms with van der Waals surface area (Å²) in [6, 6.07) is 6.88. The number of aromatic nitrogens is 2. The molecular formula is C18H22N4O3S. The highest BCUT2D eigenvalue weighted by Crippen LogP contribution is 2.36. The lowest BCUT2D eigenvalue weighted by Gasteiger charge is -2.12. The summed E-state index contributed by atoms with van der Waals surface area (Å²) in [7, 11) is 0. The summed E-state index contributed by atoms with van der Waals surface area (Å²) in [6.45, 7) is 2.56.